The van der Waals surface area contributed by atoms with Crippen LogP contribution < -0.4 is 5.32 Å². The molecule has 0 saturated heterocycles. The summed E-state index contributed by atoms with van der Waals surface area (Å²) in [6, 6.07) is 9.77. The zero-order valence-corrected chi connectivity index (χ0v) is 13.1. The number of allylic oxidation sites excluding steroid dienone is 3. The molecule has 2 rings (SSSR count). The molecular formula is C18H21N4O. The van der Waals surface area contributed by atoms with Crippen LogP contribution in [-0.4, -0.2) is 36.7 Å². The van der Waals surface area contributed by atoms with E-state index in [0.29, 0.717) is 25.2 Å². The Morgan fingerprint density at radius 2 is 2.17 bits per heavy atom. The molecule has 0 fully saturated rings. The van der Waals surface area contributed by atoms with Crippen molar-refractivity contribution >= 4 is 11.6 Å². The lowest BCUT2D eigenvalue weighted by molar-refractivity contribution is -0.125. The number of benzene rings is 1. The highest BCUT2D eigenvalue weighted by Crippen LogP contribution is 2.13. The van der Waals surface area contributed by atoms with Crippen molar-refractivity contribution in [2.24, 2.45) is 4.99 Å². The number of nitriles is 1. The molecule has 0 aromatic heterocycles. The van der Waals surface area contributed by atoms with Gasteiger partial charge in [0.1, 0.15) is 5.70 Å². The lowest BCUT2D eigenvalue weighted by Crippen LogP contribution is -2.30. The Kier molecular flexibility index (Phi) is 6.13. The van der Waals surface area contributed by atoms with Crippen LogP contribution in [0.1, 0.15) is 13.4 Å². The van der Waals surface area contributed by atoms with Gasteiger partial charge in [-0.15, -0.1) is 0 Å². The fourth-order valence-corrected chi connectivity index (χ4v) is 2.14. The average Bonchev–Trinajstić information content (AvgIpc) is 2.85. The number of amides is 1. The predicted octanol–water partition coefficient (Wildman–Crippen LogP) is 2.30. The summed E-state index contributed by atoms with van der Waals surface area (Å²) in [5.74, 6) is -0.129. The third-order valence-corrected chi connectivity index (χ3v) is 3.37. The van der Waals surface area contributed by atoms with E-state index < -0.39 is 0 Å². The molecule has 0 unspecified atom stereocenters. The van der Waals surface area contributed by atoms with Crippen molar-refractivity contribution in [1.82, 2.24) is 10.2 Å². The Labute approximate surface area is 138 Å². The summed E-state index contributed by atoms with van der Waals surface area (Å²) in [4.78, 5) is 18.6. The predicted molar refractivity (Wildman–Crippen MR) is 92.5 cm³/mol. The maximum absolute atomic E-state index is 12.5. The van der Waals surface area contributed by atoms with Crippen molar-refractivity contribution in [3.8, 4) is 6.19 Å². The molecule has 1 heterocycles. The van der Waals surface area contributed by atoms with Crippen LogP contribution in [0.5, 0.6) is 0 Å². The highest BCUT2D eigenvalue weighted by Gasteiger charge is 2.15. The normalized spacial score (nSPS) is 13.4. The summed E-state index contributed by atoms with van der Waals surface area (Å²) in [5.41, 5.74) is 2.14. The first-order valence-electron chi connectivity index (χ1n) is 7.45. The standard InChI is InChI=1S/C18H19N4O.H2/c1-22(13-7-12-20-14-19)18(23)17-11-6-5-10-16(21-17)15-8-3-2-4-9-15;/h2-6,8-11,20H,7,12-13H2,1H3;1H. The molecule has 1 amide bonds. The van der Waals surface area contributed by atoms with Crippen molar-refractivity contribution in [3.05, 3.63) is 66.2 Å². The Balaban J connectivity index is 0.00000288. The van der Waals surface area contributed by atoms with Crippen LogP contribution in [0, 0.1) is 17.9 Å². The van der Waals surface area contributed by atoms with E-state index in [1.807, 2.05) is 55.1 Å². The summed E-state index contributed by atoms with van der Waals surface area (Å²) in [5, 5.41) is 11.0. The molecule has 1 N–H and O–H groups in total. The third-order valence-electron chi connectivity index (χ3n) is 3.37. The molecule has 1 aliphatic heterocycles. The number of hydrogen-bond donors (Lipinski definition) is 1. The molecule has 5 nitrogen and oxygen atoms in total. The van der Waals surface area contributed by atoms with E-state index in [1.54, 1.807) is 18.0 Å². The fourth-order valence-electron chi connectivity index (χ4n) is 2.14. The Morgan fingerprint density at radius 1 is 1.39 bits per heavy atom. The van der Waals surface area contributed by atoms with Gasteiger partial charge < -0.3 is 10.2 Å². The first-order chi connectivity index (χ1) is 11.2. The number of nitrogens with zero attached hydrogens (tertiary/aromatic N) is 3. The molecule has 0 atom stereocenters. The first kappa shape index (κ1) is 16.5. The van der Waals surface area contributed by atoms with Gasteiger partial charge in [-0.05, 0) is 18.6 Å². The maximum Gasteiger partial charge on any atom is 0.271 e. The second-order valence-corrected chi connectivity index (χ2v) is 5.09. The molecule has 1 aromatic carbocycles. The van der Waals surface area contributed by atoms with E-state index in [-0.39, 0.29) is 7.33 Å². The van der Waals surface area contributed by atoms with Crippen LogP contribution in [0.3, 0.4) is 0 Å². The SMILES string of the molecule is CN(CCCNC#N)C(=O)C1=C[CH]C=CC(c2ccccc2)=N1.[HH]. The van der Waals surface area contributed by atoms with E-state index in [1.165, 1.54) is 0 Å². The largest absolute Gasteiger partial charge is 0.340 e. The number of likely N-dealkylation sites (N-methyl/N-ethyl adjacent to an activating group) is 1. The van der Waals surface area contributed by atoms with Gasteiger partial charge in [0.05, 0.1) is 5.71 Å². The average molecular weight is 309 g/mol. The van der Waals surface area contributed by atoms with Gasteiger partial charge in [0.15, 0.2) is 6.19 Å². The van der Waals surface area contributed by atoms with Gasteiger partial charge in [0.2, 0.25) is 0 Å². The lowest BCUT2D eigenvalue weighted by atomic mass is 10.1. The van der Waals surface area contributed by atoms with Crippen molar-refractivity contribution in [3.63, 3.8) is 0 Å². The highest BCUT2D eigenvalue weighted by atomic mass is 16.2. The van der Waals surface area contributed by atoms with Crippen LogP contribution in [0.4, 0.5) is 0 Å². The second-order valence-electron chi connectivity index (χ2n) is 5.09. The van der Waals surface area contributed by atoms with Gasteiger partial charge in [0, 0.05) is 33.5 Å². The summed E-state index contributed by atoms with van der Waals surface area (Å²) in [6.07, 6.45) is 9.88. The highest BCUT2D eigenvalue weighted by molar-refractivity contribution is 6.11. The molecule has 1 radical (unpaired) electrons. The van der Waals surface area contributed by atoms with E-state index >= 15 is 0 Å². The number of carbonyl (C=O) groups excluding carboxylic acids is 1. The second kappa shape index (κ2) is 8.54. The Hall–Kier alpha value is -2.87. The van der Waals surface area contributed by atoms with Gasteiger partial charge in [-0.2, -0.15) is 5.26 Å². The minimum atomic E-state index is -0.129. The van der Waals surface area contributed by atoms with E-state index in [9.17, 15) is 4.79 Å². The Morgan fingerprint density at radius 3 is 2.91 bits per heavy atom. The van der Waals surface area contributed by atoms with Crippen molar-refractivity contribution in [2.75, 3.05) is 20.1 Å². The summed E-state index contributed by atoms with van der Waals surface area (Å²) >= 11 is 0. The molecular weight excluding hydrogens is 288 g/mol. The quantitative estimate of drug-likeness (QED) is 0.498. The van der Waals surface area contributed by atoms with Gasteiger partial charge >= 0.3 is 0 Å². The lowest BCUT2D eigenvalue weighted by Gasteiger charge is -2.17. The maximum atomic E-state index is 12.5. The number of nitrogens with one attached hydrogen (secondary N) is 1. The topological polar surface area (TPSA) is 68.5 Å². The van der Waals surface area contributed by atoms with Crippen LogP contribution in [-0.2, 0) is 4.79 Å². The third kappa shape index (κ3) is 4.82. The molecule has 0 bridgehead atoms. The zero-order valence-electron chi connectivity index (χ0n) is 13.1. The summed E-state index contributed by atoms with van der Waals surface area (Å²) in [6.45, 7) is 1.12. The van der Waals surface area contributed by atoms with Gasteiger partial charge in [-0.25, -0.2) is 4.99 Å². The number of carbonyl (C=O) groups is 1. The van der Waals surface area contributed by atoms with Crippen LogP contribution in [0.2, 0.25) is 0 Å². The molecule has 0 saturated carbocycles. The molecule has 0 spiro atoms. The van der Waals surface area contributed by atoms with E-state index in [4.69, 9.17) is 5.26 Å². The monoisotopic (exact) mass is 309 g/mol. The minimum absolute atomic E-state index is 0. The van der Waals surface area contributed by atoms with Crippen LogP contribution in [0.25, 0.3) is 0 Å². The van der Waals surface area contributed by atoms with Crippen LogP contribution >= 0.6 is 0 Å². The molecule has 1 aromatic rings. The number of hydrogen-bond acceptors (Lipinski definition) is 4. The summed E-state index contributed by atoms with van der Waals surface area (Å²) in [7, 11) is 1.74. The molecule has 23 heavy (non-hydrogen) atoms. The van der Waals surface area contributed by atoms with Crippen molar-refractivity contribution in [2.45, 2.75) is 6.42 Å². The van der Waals surface area contributed by atoms with Crippen molar-refractivity contribution in [1.29, 1.82) is 5.26 Å². The molecule has 0 aliphatic carbocycles. The van der Waals surface area contributed by atoms with Gasteiger partial charge in [-0.3, -0.25) is 4.79 Å². The van der Waals surface area contributed by atoms with Crippen molar-refractivity contribution < 1.29 is 6.22 Å². The zero-order chi connectivity index (χ0) is 16.5. The molecule has 5 heteroatoms. The minimum Gasteiger partial charge on any atom is -0.340 e. The Bertz CT molecular complexity index is 674. The van der Waals surface area contributed by atoms with Gasteiger partial charge in [-0.1, -0.05) is 36.4 Å². The van der Waals surface area contributed by atoms with E-state index in [2.05, 4.69) is 10.3 Å². The molecule has 119 valence electrons. The first-order valence-corrected chi connectivity index (χ1v) is 7.45. The summed E-state index contributed by atoms with van der Waals surface area (Å²) < 4.78 is 0. The van der Waals surface area contributed by atoms with Crippen LogP contribution in [0.15, 0.2) is 59.2 Å². The smallest absolute Gasteiger partial charge is 0.271 e. The van der Waals surface area contributed by atoms with E-state index in [0.717, 1.165) is 11.3 Å². The fraction of sp³-hybridized carbons (Fsp3) is 0.222. The molecule has 1 aliphatic rings. The number of rotatable bonds is 6. The van der Waals surface area contributed by atoms with Gasteiger partial charge in [0.25, 0.3) is 5.91 Å². The number of aliphatic imine (C=N–C) groups is 1.